The third-order valence-electron chi connectivity index (χ3n) is 4.69. The van der Waals surface area contributed by atoms with Gasteiger partial charge in [0.25, 0.3) is 0 Å². The van der Waals surface area contributed by atoms with Crippen molar-refractivity contribution in [2.45, 2.75) is 46.1 Å². The molecular formula is C20H24ClN3O3. The summed E-state index contributed by atoms with van der Waals surface area (Å²) in [6, 6.07) is 7.31. The number of rotatable bonds is 6. The van der Waals surface area contributed by atoms with Crippen molar-refractivity contribution in [1.29, 1.82) is 0 Å². The molecule has 2 heterocycles. The van der Waals surface area contributed by atoms with Gasteiger partial charge in [0.2, 0.25) is 5.91 Å². The predicted octanol–water partition coefficient (Wildman–Crippen LogP) is 3.78. The van der Waals surface area contributed by atoms with Crippen LogP contribution >= 0.6 is 11.6 Å². The molecule has 0 spiro atoms. The van der Waals surface area contributed by atoms with Crippen LogP contribution in [0.1, 0.15) is 54.9 Å². The Kier molecular flexibility index (Phi) is 6.16. The maximum Gasteiger partial charge on any atom is 0.359 e. The first-order valence-electron chi connectivity index (χ1n) is 9.36. The standard InChI is InChI=1S/C20H24ClN3O3/c1-3-5-6-18(25)23-12-11-17-16(13-23)19(20(26)27-4-2)22-24(17)15-9-7-14(21)8-10-15/h7-10H,3-6,11-13H2,1-2H3. The van der Waals surface area contributed by atoms with E-state index in [1.165, 1.54) is 0 Å². The molecule has 0 saturated heterocycles. The Hall–Kier alpha value is -2.34. The smallest absolute Gasteiger partial charge is 0.359 e. The van der Waals surface area contributed by atoms with Crippen LogP contribution in [0, 0.1) is 0 Å². The summed E-state index contributed by atoms with van der Waals surface area (Å²) in [5.41, 5.74) is 2.84. The van der Waals surface area contributed by atoms with Crippen molar-refractivity contribution in [3.05, 3.63) is 46.2 Å². The molecule has 3 rings (SSSR count). The van der Waals surface area contributed by atoms with E-state index in [0.717, 1.165) is 29.8 Å². The number of carbonyl (C=O) groups is 2. The van der Waals surface area contributed by atoms with Gasteiger partial charge in [0.05, 0.1) is 18.0 Å². The molecule has 0 atom stereocenters. The molecule has 2 aromatic rings. The molecule has 0 aliphatic carbocycles. The second-order valence-corrected chi connectivity index (χ2v) is 6.99. The molecule has 0 fully saturated rings. The molecule has 0 N–H and O–H groups in total. The van der Waals surface area contributed by atoms with E-state index in [4.69, 9.17) is 16.3 Å². The molecule has 1 aliphatic rings. The molecule has 0 saturated carbocycles. The van der Waals surface area contributed by atoms with Crippen LogP contribution in [0.25, 0.3) is 5.69 Å². The van der Waals surface area contributed by atoms with Gasteiger partial charge in [0.15, 0.2) is 5.69 Å². The van der Waals surface area contributed by atoms with Crippen molar-refractivity contribution < 1.29 is 14.3 Å². The number of esters is 1. The van der Waals surface area contributed by atoms with Crippen molar-refractivity contribution in [3.63, 3.8) is 0 Å². The van der Waals surface area contributed by atoms with E-state index in [1.807, 2.05) is 17.0 Å². The SMILES string of the molecule is CCCCC(=O)N1CCc2c(c(C(=O)OCC)nn2-c2ccc(Cl)cc2)C1. The lowest BCUT2D eigenvalue weighted by Gasteiger charge is -2.28. The van der Waals surface area contributed by atoms with E-state index in [-0.39, 0.29) is 18.2 Å². The summed E-state index contributed by atoms with van der Waals surface area (Å²) in [4.78, 5) is 26.7. The Morgan fingerprint density at radius 2 is 1.96 bits per heavy atom. The maximum atomic E-state index is 12.5. The summed E-state index contributed by atoms with van der Waals surface area (Å²) in [6.45, 7) is 5.12. The summed E-state index contributed by atoms with van der Waals surface area (Å²) in [6.07, 6.45) is 3.03. The Balaban J connectivity index is 1.97. The number of hydrogen-bond acceptors (Lipinski definition) is 4. The van der Waals surface area contributed by atoms with E-state index >= 15 is 0 Å². The lowest BCUT2D eigenvalue weighted by Crippen LogP contribution is -2.36. The van der Waals surface area contributed by atoms with Crippen LogP contribution < -0.4 is 0 Å². The Morgan fingerprint density at radius 1 is 1.22 bits per heavy atom. The number of amides is 1. The second kappa shape index (κ2) is 8.57. The molecule has 6 nitrogen and oxygen atoms in total. The lowest BCUT2D eigenvalue weighted by atomic mass is 10.0. The number of carbonyl (C=O) groups excluding carboxylic acids is 2. The highest BCUT2D eigenvalue weighted by molar-refractivity contribution is 6.30. The van der Waals surface area contributed by atoms with Crippen molar-refractivity contribution >= 4 is 23.5 Å². The zero-order chi connectivity index (χ0) is 19.4. The molecular weight excluding hydrogens is 366 g/mol. The average Bonchev–Trinajstić information content (AvgIpc) is 3.06. The number of unbranched alkanes of at least 4 members (excludes halogenated alkanes) is 1. The lowest BCUT2D eigenvalue weighted by molar-refractivity contribution is -0.132. The fraction of sp³-hybridized carbons (Fsp3) is 0.450. The average molecular weight is 390 g/mol. The minimum atomic E-state index is -0.454. The van der Waals surface area contributed by atoms with Gasteiger partial charge in [-0.2, -0.15) is 5.10 Å². The summed E-state index contributed by atoms with van der Waals surface area (Å²) >= 11 is 5.99. The number of hydrogen-bond donors (Lipinski definition) is 0. The summed E-state index contributed by atoms with van der Waals surface area (Å²) < 4.78 is 6.95. The number of nitrogens with zero attached hydrogens (tertiary/aromatic N) is 3. The van der Waals surface area contributed by atoms with Crippen molar-refractivity contribution in [2.24, 2.45) is 0 Å². The first-order chi connectivity index (χ1) is 13.0. The third-order valence-corrected chi connectivity index (χ3v) is 4.95. The first-order valence-corrected chi connectivity index (χ1v) is 9.74. The molecule has 1 aromatic heterocycles. The quantitative estimate of drug-likeness (QED) is 0.705. The highest BCUT2D eigenvalue weighted by atomic mass is 35.5. The largest absolute Gasteiger partial charge is 0.461 e. The normalized spacial score (nSPS) is 13.4. The van der Waals surface area contributed by atoms with Gasteiger partial charge in [-0.25, -0.2) is 9.48 Å². The number of benzene rings is 1. The monoisotopic (exact) mass is 389 g/mol. The van der Waals surface area contributed by atoms with Crippen LogP contribution in [-0.2, 0) is 22.5 Å². The van der Waals surface area contributed by atoms with Crippen molar-refractivity contribution in [2.75, 3.05) is 13.2 Å². The van der Waals surface area contributed by atoms with Crippen LogP contribution in [0.15, 0.2) is 24.3 Å². The first kappa shape index (κ1) is 19.4. The maximum absolute atomic E-state index is 12.5. The molecule has 1 amide bonds. The van der Waals surface area contributed by atoms with Crippen LogP contribution in [0.2, 0.25) is 5.02 Å². The molecule has 7 heteroatoms. The second-order valence-electron chi connectivity index (χ2n) is 6.55. The molecule has 0 bridgehead atoms. The van der Waals surface area contributed by atoms with Gasteiger partial charge >= 0.3 is 5.97 Å². The van der Waals surface area contributed by atoms with Crippen molar-refractivity contribution in [3.8, 4) is 5.69 Å². The molecule has 27 heavy (non-hydrogen) atoms. The van der Waals surface area contributed by atoms with E-state index < -0.39 is 5.97 Å². The fourth-order valence-corrected chi connectivity index (χ4v) is 3.40. The van der Waals surface area contributed by atoms with E-state index in [0.29, 0.717) is 31.0 Å². The predicted molar refractivity (Wildman–Crippen MR) is 103 cm³/mol. The zero-order valence-corrected chi connectivity index (χ0v) is 16.5. The van der Waals surface area contributed by atoms with Gasteiger partial charge in [-0.05, 0) is 37.6 Å². The van der Waals surface area contributed by atoms with Gasteiger partial charge in [-0.1, -0.05) is 24.9 Å². The van der Waals surface area contributed by atoms with Crippen LogP contribution in [-0.4, -0.2) is 39.7 Å². The molecule has 144 valence electrons. The number of fused-ring (bicyclic) bond motifs is 1. The summed E-state index contributed by atoms with van der Waals surface area (Å²) in [5.74, 6) is -0.333. The van der Waals surface area contributed by atoms with E-state index in [1.54, 1.807) is 23.7 Å². The van der Waals surface area contributed by atoms with E-state index in [9.17, 15) is 9.59 Å². The zero-order valence-electron chi connectivity index (χ0n) is 15.7. The van der Waals surface area contributed by atoms with Gasteiger partial charge in [0.1, 0.15) is 0 Å². The van der Waals surface area contributed by atoms with Crippen molar-refractivity contribution in [1.82, 2.24) is 14.7 Å². The topological polar surface area (TPSA) is 64.4 Å². The van der Waals surface area contributed by atoms with E-state index in [2.05, 4.69) is 12.0 Å². The highest BCUT2D eigenvalue weighted by Crippen LogP contribution is 2.27. The molecule has 1 aromatic carbocycles. The minimum Gasteiger partial charge on any atom is -0.461 e. The number of aromatic nitrogens is 2. The minimum absolute atomic E-state index is 0.122. The summed E-state index contributed by atoms with van der Waals surface area (Å²) in [7, 11) is 0. The third kappa shape index (κ3) is 4.16. The molecule has 0 unspecified atom stereocenters. The Bertz CT molecular complexity index is 830. The number of ether oxygens (including phenoxy) is 1. The van der Waals surface area contributed by atoms with Gasteiger partial charge in [-0.3, -0.25) is 4.79 Å². The Labute approximate surface area is 164 Å². The van der Waals surface area contributed by atoms with Gasteiger partial charge < -0.3 is 9.64 Å². The Morgan fingerprint density at radius 3 is 2.63 bits per heavy atom. The number of halogens is 1. The molecule has 0 radical (unpaired) electrons. The summed E-state index contributed by atoms with van der Waals surface area (Å²) in [5, 5.41) is 5.16. The van der Waals surface area contributed by atoms with Crippen LogP contribution in [0.5, 0.6) is 0 Å². The highest BCUT2D eigenvalue weighted by Gasteiger charge is 2.30. The van der Waals surface area contributed by atoms with Crippen LogP contribution in [0.3, 0.4) is 0 Å². The van der Waals surface area contributed by atoms with Gasteiger partial charge in [-0.15, -0.1) is 0 Å². The van der Waals surface area contributed by atoms with Gasteiger partial charge in [0, 0.05) is 36.5 Å². The molecule has 1 aliphatic heterocycles. The van der Waals surface area contributed by atoms with Crippen LogP contribution in [0.4, 0.5) is 0 Å². The fourth-order valence-electron chi connectivity index (χ4n) is 3.28.